The van der Waals surface area contributed by atoms with Gasteiger partial charge in [-0.1, -0.05) is 84.1 Å². The first kappa shape index (κ1) is 30.6. The van der Waals surface area contributed by atoms with E-state index < -0.39 is 17.9 Å². The Labute approximate surface area is 214 Å². The van der Waals surface area contributed by atoms with Crippen LogP contribution in [-0.4, -0.2) is 31.1 Å². The van der Waals surface area contributed by atoms with Crippen molar-refractivity contribution in [3.05, 3.63) is 34.9 Å². The number of carbonyl (C=O) groups excluding carboxylic acids is 3. The minimum Gasteiger partial charge on any atom is -0.545 e. The number of hydrogen-bond acceptors (Lipinski definition) is 6. The van der Waals surface area contributed by atoms with Crippen LogP contribution >= 0.6 is 0 Å². The Morgan fingerprint density at radius 3 is 1.59 bits per heavy atom. The maximum absolute atomic E-state index is 12.5. The second-order valence-corrected chi connectivity index (χ2v) is 7.86. The van der Waals surface area contributed by atoms with E-state index in [1.165, 1.54) is 44.2 Å². The molecule has 174 valence electrons. The number of benzene rings is 1. The van der Waals surface area contributed by atoms with Crippen LogP contribution in [0.5, 0.6) is 0 Å². The molecular formula is C25H37NaO6. The van der Waals surface area contributed by atoms with Gasteiger partial charge in [0, 0.05) is 0 Å². The van der Waals surface area contributed by atoms with Gasteiger partial charge >= 0.3 is 41.5 Å². The second-order valence-electron chi connectivity index (χ2n) is 7.86. The molecule has 0 N–H and O–H groups in total. The topological polar surface area (TPSA) is 92.7 Å². The van der Waals surface area contributed by atoms with Crippen molar-refractivity contribution in [1.82, 2.24) is 0 Å². The average molecular weight is 457 g/mol. The fourth-order valence-corrected chi connectivity index (χ4v) is 3.27. The third kappa shape index (κ3) is 12.6. The first-order valence-corrected chi connectivity index (χ1v) is 11.7. The largest absolute Gasteiger partial charge is 1.00 e. The Hall–Kier alpha value is -1.37. The number of carbonyl (C=O) groups is 3. The number of aromatic carboxylic acids is 1. The van der Waals surface area contributed by atoms with E-state index >= 15 is 0 Å². The maximum atomic E-state index is 12.5. The van der Waals surface area contributed by atoms with Crippen LogP contribution in [-0.2, 0) is 9.47 Å². The van der Waals surface area contributed by atoms with Crippen LogP contribution in [0.25, 0.3) is 0 Å². The maximum Gasteiger partial charge on any atom is 1.00 e. The zero-order chi connectivity index (χ0) is 22.9. The van der Waals surface area contributed by atoms with Gasteiger partial charge in [0.15, 0.2) is 0 Å². The number of hydrogen-bond donors (Lipinski definition) is 0. The molecule has 0 aromatic heterocycles. The van der Waals surface area contributed by atoms with Crippen molar-refractivity contribution in [3.63, 3.8) is 0 Å². The third-order valence-corrected chi connectivity index (χ3v) is 5.16. The number of rotatable bonds is 17. The molecule has 1 rings (SSSR count). The number of carboxylic acids is 1. The molecule has 0 aliphatic rings. The molecule has 1 aromatic carbocycles. The van der Waals surface area contributed by atoms with Crippen molar-refractivity contribution in [1.29, 1.82) is 0 Å². The Balaban J connectivity index is 0.00000961. The van der Waals surface area contributed by atoms with E-state index in [9.17, 15) is 19.5 Å². The van der Waals surface area contributed by atoms with Crippen LogP contribution in [0.2, 0.25) is 0 Å². The standard InChI is InChI=1S/C25H38O6.Na/c1-3-5-7-9-11-13-17-30-24(28)21-16-15-20(23(26)27)19-22(21)25(29)31-18-14-12-10-8-6-4-2;/h15-16,19H,3-14,17-18H2,1-2H3,(H,26,27);/q;+1/p-1. The van der Waals surface area contributed by atoms with Crippen LogP contribution in [0, 0.1) is 0 Å². The summed E-state index contributed by atoms with van der Waals surface area (Å²) in [7, 11) is 0. The fraction of sp³-hybridized carbons (Fsp3) is 0.640. The summed E-state index contributed by atoms with van der Waals surface area (Å²) in [5.41, 5.74) is -0.261. The van der Waals surface area contributed by atoms with Crippen LogP contribution in [0.3, 0.4) is 0 Å². The molecule has 0 amide bonds. The van der Waals surface area contributed by atoms with Crippen LogP contribution < -0.4 is 34.7 Å². The SMILES string of the molecule is CCCCCCCCOC(=O)c1ccc(C(=O)[O-])cc1C(=O)OCCCCCCCC.[Na+]. The van der Waals surface area contributed by atoms with Crippen molar-refractivity contribution >= 4 is 17.9 Å². The molecule has 32 heavy (non-hydrogen) atoms. The molecule has 0 heterocycles. The Bertz CT molecular complexity index is 689. The van der Waals surface area contributed by atoms with Crippen molar-refractivity contribution in [2.45, 2.75) is 90.9 Å². The minimum atomic E-state index is -1.42. The fourth-order valence-electron chi connectivity index (χ4n) is 3.27. The van der Waals surface area contributed by atoms with Gasteiger partial charge in [0.2, 0.25) is 0 Å². The average Bonchev–Trinajstić information content (AvgIpc) is 2.77. The molecule has 0 spiro atoms. The van der Waals surface area contributed by atoms with E-state index in [2.05, 4.69) is 13.8 Å². The van der Waals surface area contributed by atoms with E-state index in [0.29, 0.717) is 0 Å². The molecule has 0 aliphatic heterocycles. The summed E-state index contributed by atoms with van der Waals surface area (Å²) < 4.78 is 10.6. The molecule has 0 atom stereocenters. The number of unbranched alkanes of at least 4 members (excludes halogenated alkanes) is 10. The predicted molar refractivity (Wildman–Crippen MR) is 118 cm³/mol. The van der Waals surface area contributed by atoms with Gasteiger partial charge < -0.3 is 19.4 Å². The van der Waals surface area contributed by atoms with Gasteiger partial charge in [0.25, 0.3) is 0 Å². The van der Waals surface area contributed by atoms with Crippen LogP contribution in [0.1, 0.15) is 122 Å². The number of esters is 2. The van der Waals surface area contributed by atoms with E-state index in [0.717, 1.165) is 51.0 Å². The quantitative estimate of drug-likeness (QED) is 0.202. The monoisotopic (exact) mass is 456 g/mol. The summed E-state index contributed by atoms with van der Waals surface area (Å²) >= 11 is 0. The molecule has 1 aromatic rings. The molecule has 0 radical (unpaired) electrons. The Morgan fingerprint density at radius 1 is 0.688 bits per heavy atom. The van der Waals surface area contributed by atoms with Crippen LogP contribution in [0.4, 0.5) is 0 Å². The molecule has 7 heteroatoms. The van der Waals surface area contributed by atoms with E-state index in [1.54, 1.807) is 0 Å². The van der Waals surface area contributed by atoms with Crippen molar-refractivity contribution in [3.8, 4) is 0 Å². The zero-order valence-electron chi connectivity index (χ0n) is 20.1. The van der Waals surface area contributed by atoms with Crippen LogP contribution in [0.15, 0.2) is 18.2 Å². The zero-order valence-corrected chi connectivity index (χ0v) is 22.1. The van der Waals surface area contributed by atoms with E-state index in [4.69, 9.17) is 9.47 Å². The smallest absolute Gasteiger partial charge is 0.545 e. The first-order valence-electron chi connectivity index (χ1n) is 11.7. The third-order valence-electron chi connectivity index (χ3n) is 5.16. The van der Waals surface area contributed by atoms with Gasteiger partial charge in [-0.05, 0) is 30.5 Å². The normalized spacial score (nSPS) is 10.3. The molecule has 6 nitrogen and oxygen atoms in total. The summed E-state index contributed by atoms with van der Waals surface area (Å²) in [5.74, 6) is -2.79. The van der Waals surface area contributed by atoms with Gasteiger partial charge in [-0.15, -0.1) is 0 Å². The van der Waals surface area contributed by atoms with Gasteiger partial charge in [-0.3, -0.25) is 0 Å². The molecule has 0 fully saturated rings. The summed E-state index contributed by atoms with van der Waals surface area (Å²) in [6.45, 7) is 4.80. The summed E-state index contributed by atoms with van der Waals surface area (Å²) in [5, 5.41) is 11.2. The summed E-state index contributed by atoms with van der Waals surface area (Å²) in [6, 6.07) is 3.65. The Kier molecular flexibility index (Phi) is 18.3. The molecule has 0 saturated heterocycles. The summed E-state index contributed by atoms with van der Waals surface area (Å²) in [4.78, 5) is 36.2. The minimum absolute atomic E-state index is 0. The molecule has 0 aliphatic carbocycles. The van der Waals surface area contributed by atoms with Crippen molar-refractivity contribution in [2.75, 3.05) is 13.2 Å². The van der Waals surface area contributed by atoms with Crippen molar-refractivity contribution < 1.29 is 58.5 Å². The molecule has 0 unspecified atom stereocenters. The van der Waals surface area contributed by atoms with Crippen molar-refractivity contribution in [2.24, 2.45) is 0 Å². The van der Waals surface area contributed by atoms with Gasteiger partial charge in [-0.2, -0.15) is 0 Å². The predicted octanol–water partition coefficient (Wildman–Crippen LogP) is 2.09. The first-order chi connectivity index (χ1) is 15.0. The number of ether oxygens (including phenoxy) is 2. The molecule has 0 saturated carbocycles. The Morgan fingerprint density at radius 2 is 1.12 bits per heavy atom. The molecular weight excluding hydrogens is 419 g/mol. The second kappa shape index (κ2) is 19.1. The van der Waals surface area contributed by atoms with Gasteiger partial charge in [0.1, 0.15) is 0 Å². The summed E-state index contributed by atoms with van der Waals surface area (Å²) in [6.07, 6.45) is 12.7. The molecule has 0 bridgehead atoms. The van der Waals surface area contributed by atoms with E-state index in [1.807, 2.05) is 0 Å². The van der Waals surface area contributed by atoms with Gasteiger partial charge in [0.05, 0.1) is 30.3 Å². The number of carboxylic acid groups (broad SMARTS) is 1. The van der Waals surface area contributed by atoms with E-state index in [-0.39, 0.29) is 59.5 Å². The van der Waals surface area contributed by atoms with Gasteiger partial charge in [-0.25, -0.2) is 9.59 Å².